The Balaban J connectivity index is 0.973. The molecule has 10 aromatic carbocycles. The number of anilines is 3. The minimum absolute atomic E-state index is 1.11. The summed E-state index contributed by atoms with van der Waals surface area (Å²) >= 11 is 1.87. The number of hydrogen-bond donors (Lipinski definition) is 0. The fraction of sp³-hybridized carbons (Fsp3) is 0. The van der Waals surface area contributed by atoms with E-state index in [1.165, 1.54) is 85.9 Å². The average Bonchev–Trinajstić information content (AvgIpc) is 3.63. The maximum absolute atomic E-state index is 2.38. The van der Waals surface area contributed by atoms with Crippen LogP contribution in [0.15, 0.2) is 212 Å². The molecule has 0 saturated carbocycles. The van der Waals surface area contributed by atoms with Gasteiger partial charge in [-0.05, 0) is 126 Å². The van der Waals surface area contributed by atoms with E-state index in [4.69, 9.17) is 0 Å². The molecule has 1 aromatic heterocycles. The van der Waals surface area contributed by atoms with Gasteiger partial charge in [0.1, 0.15) is 0 Å². The van der Waals surface area contributed by atoms with Crippen LogP contribution in [-0.4, -0.2) is 0 Å². The van der Waals surface area contributed by atoms with Gasteiger partial charge in [0.25, 0.3) is 0 Å². The molecule has 0 amide bonds. The lowest BCUT2D eigenvalue weighted by Gasteiger charge is -2.26. The summed E-state index contributed by atoms with van der Waals surface area (Å²) in [4.78, 5) is 2.38. The topological polar surface area (TPSA) is 3.24 Å². The normalized spacial score (nSPS) is 11.6. The molecule has 0 unspecified atom stereocenters. The van der Waals surface area contributed by atoms with E-state index < -0.39 is 0 Å². The van der Waals surface area contributed by atoms with Crippen molar-refractivity contribution in [1.82, 2.24) is 0 Å². The fourth-order valence-corrected chi connectivity index (χ4v) is 9.55. The van der Waals surface area contributed by atoms with Crippen molar-refractivity contribution in [2.24, 2.45) is 0 Å². The van der Waals surface area contributed by atoms with Crippen molar-refractivity contribution in [2.75, 3.05) is 4.90 Å². The van der Waals surface area contributed by atoms with Gasteiger partial charge in [-0.15, -0.1) is 11.3 Å². The average molecular weight is 730 g/mol. The Bertz CT molecular complexity index is 3210. The zero-order valence-electron chi connectivity index (χ0n) is 30.6. The van der Waals surface area contributed by atoms with Gasteiger partial charge in [-0.2, -0.15) is 0 Å². The molecule has 11 rings (SSSR count). The standard InChI is InChI=1S/C54H35NS/c1-2-10-36(11-3-1)38-22-27-44(28-23-38)55(46-31-26-41-35-54-52(34-43(41)32-46)50-16-8-9-17-53(50)56-54)45-29-24-39(25-30-45)37-18-20-40(21-19-37)51-33-42-12-4-5-13-47(42)48-14-6-7-15-49(48)51/h1-35H. The Morgan fingerprint density at radius 3 is 1.52 bits per heavy atom. The molecular formula is C54H35NS. The van der Waals surface area contributed by atoms with Crippen LogP contribution in [0, 0.1) is 0 Å². The monoisotopic (exact) mass is 729 g/mol. The highest BCUT2D eigenvalue weighted by Crippen LogP contribution is 2.41. The highest BCUT2D eigenvalue weighted by molar-refractivity contribution is 7.25. The summed E-state index contributed by atoms with van der Waals surface area (Å²) in [6, 6.07) is 77.7. The highest BCUT2D eigenvalue weighted by Gasteiger charge is 2.16. The lowest BCUT2D eigenvalue weighted by atomic mass is 9.92. The van der Waals surface area contributed by atoms with E-state index in [9.17, 15) is 0 Å². The summed E-state index contributed by atoms with van der Waals surface area (Å²) in [5.41, 5.74) is 10.6. The fourth-order valence-electron chi connectivity index (χ4n) is 8.41. The summed E-state index contributed by atoms with van der Waals surface area (Å²) < 4.78 is 2.66. The van der Waals surface area contributed by atoms with E-state index in [2.05, 4.69) is 217 Å². The lowest BCUT2D eigenvalue weighted by molar-refractivity contribution is 1.29. The van der Waals surface area contributed by atoms with Crippen LogP contribution in [0.4, 0.5) is 17.1 Å². The molecule has 0 fully saturated rings. The Labute approximate surface area is 330 Å². The number of fused-ring (bicyclic) bond motifs is 7. The minimum Gasteiger partial charge on any atom is -0.310 e. The summed E-state index contributed by atoms with van der Waals surface area (Å²) in [7, 11) is 0. The van der Waals surface area contributed by atoms with E-state index in [0.717, 1.165) is 17.1 Å². The van der Waals surface area contributed by atoms with E-state index >= 15 is 0 Å². The Morgan fingerprint density at radius 1 is 0.268 bits per heavy atom. The largest absolute Gasteiger partial charge is 0.310 e. The first-order valence-electron chi connectivity index (χ1n) is 19.2. The number of benzene rings is 10. The second kappa shape index (κ2) is 13.4. The smallest absolute Gasteiger partial charge is 0.0468 e. The number of hydrogen-bond acceptors (Lipinski definition) is 2. The van der Waals surface area contributed by atoms with E-state index in [0.29, 0.717) is 0 Å². The molecule has 0 bridgehead atoms. The molecule has 0 saturated heterocycles. The van der Waals surface area contributed by atoms with Crippen LogP contribution in [0.3, 0.4) is 0 Å². The van der Waals surface area contributed by atoms with Gasteiger partial charge in [0.15, 0.2) is 0 Å². The zero-order chi connectivity index (χ0) is 37.0. The molecule has 0 aliphatic heterocycles. The predicted octanol–water partition coefficient (Wildman–Crippen LogP) is 16.0. The van der Waals surface area contributed by atoms with Crippen LogP contribution >= 0.6 is 11.3 Å². The molecule has 11 aromatic rings. The number of nitrogens with zero attached hydrogens (tertiary/aromatic N) is 1. The van der Waals surface area contributed by atoms with Crippen molar-refractivity contribution < 1.29 is 0 Å². The first-order chi connectivity index (χ1) is 27.7. The van der Waals surface area contributed by atoms with Crippen molar-refractivity contribution in [3.8, 4) is 33.4 Å². The van der Waals surface area contributed by atoms with Gasteiger partial charge >= 0.3 is 0 Å². The first kappa shape index (κ1) is 32.4. The second-order valence-electron chi connectivity index (χ2n) is 14.5. The van der Waals surface area contributed by atoms with E-state index in [1.54, 1.807) is 0 Å². The van der Waals surface area contributed by atoms with Gasteiger partial charge in [-0.3, -0.25) is 0 Å². The lowest BCUT2D eigenvalue weighted by Crippen LogP contribution is -2.09. The molecular weight excluding hydrogens is 695 g/mol. The van der Waals surface area contributed by atoms with Crippen molar-refractivity contribution >= 4 is 80.9 Å². The molecule has 262 valence electrons. The van der Waals surface area contributed by atoms with E-state index in [1.807, 2.05) is 11.3 Å². The van der Waals surface area contributed by atoms with Crippen molar-refractivity contribution in [2.45, 2.75) is 0 Å². The molecule has 0 aliphatic rings. The van der Waals surface area contributed by atoms with Crippen molar-refractivity contribution in [3.63, 3.8) is 0 Å². The summed E-state index contributed by atoms with van der Waals surface area (Å²) in [6.45, 7) is 0. The maximum atomic E-state index is 2.38. The van der Waals surface area contributed by atoms with Gasteiger partial charge in [-0.1, -0.05) is 152 Å². The molecule has 0 spiro atoms. The molecule has 0 aliphatic carbocycles. The highest BCUT2D eigenvalue weighted by atomic mass is 32.1. The first-order valence-corrected chi connectivity index (χ1v) is 20.0. The molecule has 1 heterocycles. The third-order valence-electron chi connectivity index (χ3n) is 11.2. The van der Waals surface area contributed by atoms with Gasteiger partial charge in [-0.25, -0.2) is 0 Å². The van der Waals surface area contributed by atoms with E-state index in [-0.39, 0.29) is 0 Å². The molecule has 0 atom stereocenters. The van der Waals surface area contributed by atoms with Crippen LogP contribution in [0.25, 0.3) is 85.9 Å². The zero-order valence-corrected chi connectivity index (χ0v) is 31.4. The van der Waals surface area contributed by atoms with Crippen molar-refractivity contribution in [3.05, 3.63) is 212 Å². The van der Waals surface area contributed by atoms with Gasteiger partial charge in [0.05, 0.1) is 0 Å². The van der Waals surface area contributed by atoms with Gasteiger partial charge < -0.3 is 4.90 Å². The molecule has 0 radical (unpaired) electrons. The Hall–Kier alpha value is -7.00. The SMILES string of the molecule is c1ccc(-c2ccc(N(c3ccc(-c4ccc(-c5cc6ccccc6c6ccccc56)cc4)cc3)c3ccc4cc5sc6ccccc6c5cc4c3)cc2)cc1. The van der Waals surface area contributed by atoms with Gasteiger partial charge in [0, 0.05) is 37.2 Å². The molecule has 56 heavy (non-hydrogen) atoms. The Morgan fingerprint density at radius 2 is 0.804 bits per heavy atom. The molecule has 2 heteroatoms. The maximum Gasteiger partial charge on any atom is 0.0468 e. The number of rotatable bonds is 6. The minimum atomic E-state index is 1.11. The number of thiophene rings is 1. The second-order valence-corrected chi connectivity index (χ2v) is 15.6. The van der Waals surface area contributed by atoms with Crippen molar-refractivity contribution in [1.29, 1.82) is 0 Å². The summed E-state index contributed by atoms with van der Waals surface area (Å²) in [5.74, 6) is 0. The van der Waals surface area contributed by atoms with Crippen LogP contribution in [0.2, 0.25) is 0 Å². The molecule has 0 N–H and O–H groups in total. The molecule has 1 nitrogen and oxygen atoms in total. The third kappa shape index (κ3) is 5.62. The summed E-state index contributed by atoms with van der Waals surface area (Å²) in [6.07, 6.45) is 0. The van der Waals surface area contributed by atoms with Crippen LogP contribution in [-0.2, 0) is 0 Å². The Kier molecular flexibility index (Phi) is 7.75. The third-order valence-corrected chi connectivity index (χ3v) is 12.4. The van der Waals surface area contributed by atoms with Crippen LogP contribution in [0.5, 0.6) is 0 Å². The van der Waals surface area contributed by atoms with Gasteiger partial charge in [0.2, 0.25) is 0 Å². The van der Waals surface area contributed by atoms with Crippen LogP contribution in [0.1, 0.15) is 0 Å². The van der Waals surface area contributed by atoms with Crippen LogP contribution < -0.4 is 4.90 Å². The quantitative estimate of drug-likeness (QED) is 0.154. The predicted molar refractivity (Wildman–Crippen MR) is 243 cm³/mol. The summed E-state index contributed by atoms with van der Waals surface area (Å²) in [5, 5.41) is 10.3.